The van der Waals surface area contributed by atoms with Gasteiger partial charge in [-0.25, -0.2) is 0 Å². The van der Waals surface area contributed by atoms with Crippen LogP contribution in [0.3, 0.4) is 0 Å². The van der Waals surface area contributed by atoms with Gasteiger partial charge in [0.25, 0.3) is 0 Å². The Labute approximate surface area is 115 Å². The van der Waals surface area contributed by atoms with Crippen molar-refractivity contribution >= 4 is 5.91 Å². The normalized spacial score (nSPS) is 18.4. The monoisotopic (exact) mass is 261 g/mol. The van der Waals surface area contributed by atoms with Crippen LogP contribution in [0.1, 0.15) is 50.3 Å². The van der Waals surface area contributed by atoms with Gasteiger partial charge in [-0.05, 0) is 31.7 Å². The van der Waals surface area contributed by atoms with Crippen molar-refractivity contribution in [1.29, 1.82) is 0 Å². The largest absolute Gasteiger partial charge is 0.493 e. The summed E-state index contributed by atoms with van der Waals surface area (Å²) in [5.74, 6) is 1.44. The maximum absolute atomic E-state index is 12.0. The molecule has 1 atom stereocenters. The minimum atomic E-state index is 0.0867. The van der Waals surface area contributed by atoms with Gasteiger partial charge >= 0.3 is 0 Å². The average molecular weight is 261 g/mol. The van der Waals surface area contributed by atoms with Crippen LogP contribution in [0.4, 0.5) is 0 Å². The number of hydrogen-bond acceptors (Lipinski definition) is 2. The number of ether oxygens (including phenoxy) is 1. The van der Waals surface area contributed by atoms with Crippen molar-refractivity contribution in [2.24, 2.45) is 5.92 Å². The molecule has 0 radical (unpaired) electrons. The molecule has 19 heavy (non-hydrogen) atoms. The van der Waals surface area contributed by atoms with E-state index >= 15 is 0 Å². The van der Waals surface area contributed by atoms with Crippen LogP contribution in [-0.2, 0) is 4.79 Å². The molecule has 2 rings (SSSR count). The van der Waals surface area contributed by atoms with Crippen molar-refractivity contribution in [2.45, 2.75) is 46.1 Å². The standard InChI is InChI=1S/C16H23NO2/c1-11(2)9-16(18)17-14-5-4-8-19-15-7-6-12(3)10-13(14)15/h6-7,10-11,14H,4-5,8-9H2,1-3H3,(H,17,18). The Morgan fingerprint density at radius 3 is 3.00 bits per heavy atom. The maximum atomic E-state index is 12.0. The average Bonchev–Trinajstić information content (AvgIpc) is 2.51. The number of amides is 1. The van der Waals surface area contributed by atoms with E-state index in [-0.39, 0.29) is 11.9 Å². The van der Waals surface area contributed by atoms with Gasteiger partial charge in [-0.2, -0.15) is 0 Å². The van der Waals surface area contributed by atoms with Crippen LogP contribution < -0.4 is 10.1 Å². The van der Waals surface area contributed by atoms with E-state index in [9.17, 15) is 4.79 Å². The minimum absolute atomic E-state index is 0.0867. The summed E-state index contributed by atoms with van der Waals surface area (Å²) >= 11 is 0. The molecule has 1 aromatic carbocycles. The summed E-state index contributed by atoms with van der Waals surface area (Å²) in [6.07, 6.45) is 2.50. The van der Waals surface area contributed by atoms with Crippen LogP contribution in [0.15, 0.2) is 18.2 Å². The van der Waals surface area contributed by atoms with Gasteiger partial charge in [-0.15, -0.1) is 0 Å². The first-order valence-corrected chi connectivity index (χ1v) is 7.09. The van der Waals surface area contributed by atoms with Crippen LogP contribution in [0.25, 0.3) is 0 Å². The highest BCUT2D eigenvalue weighted by atomic mass is 16.5. The topological polar surface area (TPSA) is 38.3 Å². The summed E-state index contributed by atoms with van der Waals surface area (Å²) in [6.45, 7) is 6.92. The van der Waals surface area contributed by atoms with Gasteiger partial charge < -0.3 is 10.1 Å². The summed E-state index contributed by atoms with van der Waals surface area (Å²) in [7, 11) is 0. The van der Waals surface area contributed by atoms with E-state index < -0.39 is 0 Å². The molecule has 1 unspecified atom stereocenters. The van der Waals surface area contributed by atoms with Crippen molar-refractivity contribution in [3.63, 3.8) is 0 Å². The highest BCUT2D eigenvalue weighted by Gasteiger charge is 2.21. The number of aryl methyl sites for hydroxylation is 1. The van der Waals surface area contributed by atoms with Gasteiger partial charge in [-0.1, -0.05) is 31.5 Å². The molecular formula is C16H23NO2. The first-order valence-electron chi connectivity index (χ1n) is 7.09. The van der Waals surface area contributed by atoms with Crippen LogP contribution in [0.5, 0.6) is 5.75 Å². The van der Waals surface area contributed by atoms with E-state index in [1.54, 1.807) is 0 Å². The molecule has 0 aromatic heterocycles. The zero-order valence-corrected chi connectivity index (χ0v) is 12.0. The second-order valence-corrected chi connectivity index (χ2v) is 5.75. The van der Waals surface area contributed by atoms with Gasteiger partial charge in [0.15, 0.2) is 0 Å². The van der Waals surface area contributed by atoms with Crippen molar-refractivity contribution < 1.29 is 9.53 Å². The Morgan fingerprint density at radius 2 is 2.26 bits per heavy atom. The van der Waals surface area contributed by atoms with Gasteiger partial charge in [0.1, 0.15) is 5.75 Å². The van der Waals surface area contributed by atoms with Gasteiger partial charge in [0.2, 0.25) is 5.91 Å². The van der Waals surface area contributed by atoms with Crippen molar-refractivity contribution in [3.8, 4) is 5.75 Å². The first kappa shape index (κ1) is 13.9. The molecule has 1 amide bonds. The fourth-order valence-corrected chi connectivity index (χ4v) is 2.47. The molecule has 0 aliphatic carbocycles. The highest BCUT2D eigenvalue weighted by Crippen LogP contribution is 2.32. The third kappa shape index (κ3) is 3.72. The van der Waals surface area contributed by atoms with E-state index in [1.807, 2.05) is 6.07 Å². The lowest BCUT2D eigenvalue weighted by Gasteiger charge is -2.19. The summed E-state index contributed by atoms with van der Waals surface area (Å²) in [4.78, 5) is 12.0. The molecule has 1 heterocycles. The number of rotatable bonds is 3. The van der Waals surface area contributed by atoms with Crippen LogP contribution in [-0.4, -0.2) is 12.5 Å². The molecule has 0 saturated heterocycles. The molecule has 1 aliphatic rings. The number of benzene rings is 1. The Kier molecular flexibility index (Phi) is 4.46. The maximum Gasteiger partial charge on any atom is 0.220 e. The quantitative estimate of drug-likeness (QED) is 0.906. The van der Waals surface area contributed by atoms with Crippen molar-refractivity contribution in [1.82, 2.24) is 5.32 Å². The third-order valence-electron chi connectivity index (χ3n) is 3.36. The van der Waals surface area contributed by atoms with Crippen molar-refractivity contribution in [2.75, 3.05) is 6.61 Å². The van der Waals surface area contributed by atoms with E-state index in [4.69, 9.17) is 4.74 Å². The lowest BCUT2D eigenvalue weighted by Crippen LogP contribution is -2.29. The zero-order valence-electron chi connectivity index (χ0n) is 12.0. The lowest BCUT2D eigenvalue weighted by molar-refractivity contribution is -0.122. The molecule has 0 saturated carbocycles. The summed E-state index contributed by atoms with van der Waals surface area (Å²) in [5.41, 5.74) is 2.32. The van der Waals surface area contributed by atoms with Crippen LogP contribution in [0, 0.1) is 12.8 Å². The Hall–Kier alpha value is -1.51. The molecule has 0 bridgehead atoms. The summed E-state index contributed by atoms with van der Waals surface area (Å²) in [6, 6.07) is 6.28. The first-order chi connectivity index (χ1) is 9.06. The molecule has 1 N–H and O–H groups in total. The molecule has 104 valence electrons. The highest BCUT2D eigenvalue weighted by molar-refractivity contribution is 5.76. The molecular weight excluding hydrogens is 238 g/mol. The number of carbonyl (C=O) groups is 1. The fraction of sp³-hybridized carbons (Fsp3) is 0.562. The second kappa shape index (κ2) is 6.09. The van der Waals surface area contributed by atoms with E-state index in [0.717, 1.165) is 30.8 Å². The fourth-order valence-electron chi connectivity index (χ4n) is 2.47. The smallest absolute Gasteiger partial charge is 0.220 e. The third-order valence-corrected chi connectivity index (χ3v) is 3.36. The van der Waals surface area contributed by atoms with Crippen LogP contribution in [0.2, 0.25) is 0 Å². The summed E-state index contributed by atoms with van der Waals surface area (Å²) < 4.78 is 5.75. The predicted octanol–water partition coefficient (Wildman–Crippen LogP) is 3.37. The Balaban J connectivity index is 2.17. The van der Waals surface area contributed by atoms with E-state index in [2.05, 4.69) is 38.2 Å². The molecule has 3 heteroatoms. The summed E-state index contributed by atoms with van der Waals surface area (Å²) in [5, 5.41) is 3.15. The van der Waals surface area contributed by atoms with Crippen molar-refractivity contribution in [3.05, 3.63) is 29.3 Å². The molecule has 1 aliphatic heterocycles. The zero-order chi connectivity index (χ0) is 13.8. The minimum Gasteiger partial charge on any atom is -0.493 e. The van der Waals surface area contributed by atoms with E-state index in [1.165, 1.54) is 5.56 Å². The number of nitrogens with one attached hydrogen (secondary N) is 1. The number of hydrogen-bond donors (Lipinski definition) is 1. The second-order valence-electron chi connectivity index (χ2n) is 5.75. The Morgan fingerprint density at radius 1 is 1.47 bits per heavy atom. The van der Waals surface area contributed by atoms with Gasteiger partial charge in [0.05, 0.1) is 12.6 Å². The number of carbonyl (C=O) groups excluding carboxylic acids is 1. The van der Waals surface area contributed by atoms with Gasteiger partial charge in [0, 0.05) is 12.0 Å². The predicted molar refractivity (Wildman–Crippen MR) is 76.2 cm³/mol. The SMILES string of the molecule is Cc1ccc2c(c1)C(NC(=O)CC(C)C)CCCO2. The van der Waals surface area contributed by atoms with Gasteiger partial charge in [-0.3, -0.25) is 4.79 Å². The number of fused-ring (bicyclic) bond motifs is 1. The molecule has 1 aromatic rings. The Bertz CT molecular complexity index is 454. The molecule has 3 nitrogen and oxygen atoms in total. The van der Waals surface area contributed by atoms with E-state index in [0.29, 0.717) is 12.3 Å². The molecule has 0 spiro atoms. The van der Waals surface area contributed by atoms with Crippen LogP contribution >= 0.6 is 0 Å². The molecule has 0 fully saturated rings. The lowest BCUT2D eigenvalue weighted by atomic mass is 9.99.